The number of benzene rings is 2. The van der Waals surface area contributed by atoms with Gasteiger partial charge in [0.2, 0.25) is 0 Å². The van der Waals surface area contributed by atoms with Gasteiger partial charge in [-0.3, -0.25) is 15.0 Å². The number of halogens is 1. The Morgan fingerprint density at radius 2 is 1.89 bits per heavy atom. The minimum absolute atomic E-state index is 0.263. The topological polar surface area (TPSA) is 58.6 Å². The molecule has 2 amide bonds. The highest BCUT2D eigenvalue weighted by Gasteiger charge is 2.33. The highest BCUT2D eigenvalue weighted by molar-refractivity contribution is 8.26. The number of nitrogens with zero attached hydrogens (tertiary/aromatic N) is 1. The predicted molar refractivity (Wildman–Crippen MR) is 112 cm³/mol. The van der Waals surface area contributed by atoms with Crippen LogP contribution in [0.25, 0.3) is 6.08 Å². The molecule has 138 valence electrons. The van der Waals surface area contributed by atoms with E-state index in [9.17, 15) is 9.59 Å². The molecule has 5 nitrogen and oxygen atoms in total. The summed E-state index contributed by atoms with van der Waals surface area (Å²) in [6, 6.07) is 13.7. The van der Waals surface area contributed by atoms with E-state index < -0.39 is 5.91 Å². The summed E-state index contributed by atoms with van der Waals surface area (Å²) in [6.45, 7) is 2.50. The maximum atomic E-state index is 12.6. The molecule has 1 heterocycles. The SMILES string of the molecule is CCOc1ccc(/C=C2\SC(=S)N(NC(=O)c3ccc(Cl)cc3)C2=O)cc1. The Kier molecular flexibility index (Phi) is 6.15. The van der Waals surface area contributed by atoms with Crippen LogP contribution in [0.5, 0.6) is 5.75 Å². The van der Waals surface area contributed by atoms with Crippen molar-refractivity contribution in [2.24, 2.45) is 0 Å². The number of thioether (sulfide) groups is 1. The van der Waals surface area contributed by atoms with Crippen molar-refractivity contribution in [2.45, 2.75) is 6.92 Å². The van der Waals surface area contributed by atoms with E-state index in [2.05, 4.69) is 5.43 Å². The summed E-state index contributed by atoms with van der Waals surface area (Å²) >= 11 is 12.2. The van der Waals surface area contributed by atoms with E-state index in [0.717, 1.165) is 28.1 Å². The number of amides is 2. The van der Waals surface area contributed by atoms with Gasteiger partial charge in [-0.1, -0.05) is 35.5 Å². The maximum Gasteiger partial charge on any atom is 0.285 e. The second kappa shape index (κ2) is 8.56. The second-order valence-corrected chi connectivity index (χ2v) is 7.58. The first-order valence-electron chi connectivity index (χ1n) is 8.05. The van der Waals surface area contributed by atoms with E-state index in [0.29, 0.717) is 22.1 Å². The Balaban J connectivity index is 1.72. The van der Waals surface area contributed by atoms with Crippen molar-refractivity contribution >= 4 is 57.8 Å². The number of carbonyl (C=O) groups is 2. The fourth-order valence-corrected chi connectivity index (χ4v) is 3.62. The lowest BCUT2D eigenvalue weighted by molar-refractivity contribution is -0.123. The van der Waals surface area contributed by atoms with Gasteiger partial charge in [-0.15, -0.1) is 0 Å². The van der Waals surface area contributed by atoms with Gasteiger partial charge >= 0.3 is 0 Å². The van der Waals surface area contributed by atoms with Gasteiger partial charge in [-0.25, -0.2) is 0 Å². The molecular weight excluding hydrogens is 404 g/mol. The van der Waals surface area contributed by atoms with E-state index in [1.165, 1.54) is 0 Å². The highest BCUT2D eigenvalue weighted by Crippen LogP contribution is 2.31. The predicted octanol–water partition coefficient (Wildman–Crippen LogP) is 4.28. The quantitative estimate of drug-likeness (QED) is 0.580. The van der Waals surface area contributed by atoms with Crippen LogP contribution >= 0.6 is 35.6 Å². The van der Waals surface area contributed by atoms with Crippen molar-refractivity contribution in [1.82, 2.24) is 10.4 Å². The van der Waals surface area contributed by atoms with Gasteiger partial charge in [-0.2, -0.15) is 5.01 Å². The molecule has 1 fully saturated rings. The lowest BCUT2D eigenvalue weighted by Crippen LogP contribution is -2.44. The molecule has 0 bridgehead atoms. The normalized spacial score (nSPS) is 15.3. The van der Waals surface area contributed by atoms with Gasteiger partial charge in [0.05, 0.1) is 11.5 Å². The molecule has 1 aliphatic heterocycles. The lowest BCUT2D eigenvalue weighted by atomic mass is 10.2. The average molecular weight is 419 g/mol. The smallest absolute Gasteiger partial charge is 0.285 e. The summed E-state index contributed by atoms with van der Waals surface area (Å²) < 4.78 is 5.67. The second-order valence-electron chi connectivity index (χ2n) is 5.47. The zero-order chi connectivity index (χ0) is 19.4. The van der Waals surface area contributed by atoms with Crippen LogP contribution in [0.3, 0.4) is 0 Å². The van der Waals surface area contributed by atoms with E-state index >= 15 is 0 Å². The molecule has 2 aromatic carbocycles. The molecule has 2 aromatic rings. The van der Waals surface area contributed by atoms with Crippen molar-refractivity contribution in [2.75, 3.05) is 6.61 Å². The van der Waals surface area contributed by atoms with Gasteiger partial charge in [0, 0.05) is 10.6 Å². The number of rotatable bonds is 5. The summed E-state index contributed by atoms with van der Waals surface area (Å²) in [5.74, 6) is -0.0519. The fourth-order valence-electron chi connectivity index (χ4n) is 2.31. The van der Waals surface area contributed by atoms with Gasteiger partial charge in [0.15, 0.2) is 4.32 Å². The first kappa shape index (κ1) is 19.4. The summed E-state index contributed by atoms with van der Waals surface area (Å²) in [5, 5.41) is 1.60. The van der Waals surface area contributed by atoms with E-state index in [1.807, 2.05) is 31.2 Å². The zero-order valence-electron chi connectivity index (χ0n) is 14.3. The Morgan fingerprint density at radius 3 is 2.52 bits per heavy atom. The first-order valence-corrected chi connectivity index (χ1v) is 9.65. The van der Waals surface area contributed by atoms with Crippen molar-refractivity contribution in [3.05, 3.63) is 69.6 Å². The minimum atomic E-state index is -0.440. The van der Waals surface area contributed by atoms with E-state index in [4.69, 9.17) is 28.6 Å². The number of carbonyl (C=O) groups excluding carboxylic acids is 2. The number of ether oxygens (including phenoxy) is 1. The Bertz CT molecular complexity index is 912. The monoisotopic (exact) mass is 418 g/mol. The van der Waals surface area contributed by atoms with Crippen molar-refractivity contribution in [3.8, 4) is 5.75 Å². The van der Waals surface area contributed by atoms with Crippen LogP contribution in [0, 0.1) is 0 Å². The summed E-state index contributed by atoms with van der Waals surface area (Å²) in [7, 11) is 0. The molecule has 0 atom stereocenters. The molecule has 0 aromatic heterocycles. The number of nitrogens with one attached hydrogen (secondary N) is 1. The molecule has 0 unspecified atom stereocenters. The average Bonchev–Trinajstić information content (AvgIpc) is 2.91. The number of hydrazine groups is 1. The third-order valence-electron chi connectivity index (χ3n) is 3.60. The summed E-state index contributed by atoms with van der Waals surface area (Å²) in [5.41, 5.74) is 3.75. The number of hydrogen-bond donors (Lipinski definition) is 1. The van der Waals surface area contributed by atoms with Crippen LogP contribution in [0.15, 0.2) is 53.4 Å². The van der Waals surface area contributed by atoms with Gasteiger partial charge in [0.25, 0.3) is 11.8 Å². The third kappa shape index (κ3) is 4.68. The first-order chi connectivity index (χ1) is 13.0. The molecule has 1 N–H and O–H groups in total. The van der Waals surface area contributed by atoms with Crippen molar-refractivity contribution < 1.29 is 14.3 Å². The van der Waals surface area contributed by atoms with Crippen molar-refractivity contribution in [3.63, 3.8) is 0 Å². The summed E-state index contributed by atoms with van der Waals surface area (Å²) in [4.78, 5) is 25.3. The van der Waals surface area contributed by atoms with E-state index in [1.54, 1.807) is 30.3 Å². The van der Waals surface area contributed by atoms with Crippen molar-refractivity contribution in [1.29, 1.82) is 0 Å². The van der Waals surface area contributed by atoms with Gasteiger partial charge in [-0.05, 0) is 67.2 Å². The molecule has 1 aliphatic rings. The zero-order valence-corrected chi connectivity index (χ0v) is 16.7. The van der Waals surface area contributed by atoms with Gasteiger partial charge in [0.1, 0.15) is 5.75 Å². The van der Waals surface area contributed by atoms with Crippen LogP contribution in [0.4, 0.5) is 0 Å². The molecule has 27 heavy (non-hydrogen) atoms. The molecule has 0 aliphatic carbocycles. The largest absolute Gasteiger partial charge is 0.494 e. The van der Waals surface area contributed by atoms with Crippen LogP contribution in [-0.2, 0) is 4.79 Å². The molecule has 0 saturated carbocycles. The van der Waals surface area contributed by atoms with E-state index in [-0.39, 0.29) is 10.2 Å². The Hall–Kier alpha value is -2.35. The molecule has 0 radical (unpaired) electrons. The molecule has 3 rings (SSSR count). The molecule has 1 saturated heterocycles. The Labute approximate surface area is 171 Å². The Morgan fingerprint density at radius 1 is 1.22 bits per heavy atom. The molecule has 0 spiro atoms. The number of hydrogen-bond acceptors (Lipinski definition) is 5. The standard InChI is InChI=1S/C19H15ClN2O3S2/c1-2-25-15-9-3-12(4-10-15)11-16-18(24)22(19(26)27-16)21-17(23)13-5-7-14(20)8-6-13/h3-11H,2H2,1H3,(H,21,23)/b16-11-. The minimum Gasteiger partial charge on any atom is -0.494 e. The molecule has 8 heteroatoms. The number of thiocarbonyl (C=S) groups is 1. The molecular formula is C19H15ClN2O3S2. The summed E-state index contributed by atoms with van der Waals surface area (Å²) in [6.07, 6.45) is 1.73. The van der Waals surface area contributed by atoms with Crippen LogP contribution in [0.2, 0.25) is 5.02 Å². The van der Waals surface area contributed by atoms with Crippen LogP contribution < -0.4 is 10.2 Å². The van der Waals surface area contributed by atoms with Crippen LogP contribution in [0.1, 0.15) is 22.8 Å². The van der Waals surface area contributed by atoms with Crippen LogP contribution in [-0.4, -0.2) is 27.8 Å². The van der Waals surface area contributed by atoms with Gasteiger partial charge < -0.3 is 4.74 Å². The lowest BCUT2D eigenvalue weighted by Gasteiger charge is -2.15. The third-order valence-corrected chi connectivity index (χ3v) is 5.16. The maximum absolute atomic E-state index is 12.6. The highest BCUT2D eigenvalue weighted by atomic mass is 35.5. The fraction of sp³-hybridized carbons (Fsp3) is 0.105.